The number of nitrogens with zero attached hydrogens (tertiary/aromatic N) is 3. The fourth-order valence-electron chi connectivity index (χ4n) is 2.95. The summed E-state index contributed by atoms with van der Waals surface area (Å²) in [6, 6.07) is 22.0. The van der Waals surface area contributed by atoms with Crippen molar-refractivity contribution in [2.45, 2.75) is 6.92 Å². The van der Waals surface area contributed by atoms with Crippen molar-refractivity contribution in [2.24, 2.45) is 0 Å². The number of hydrogen-bond acceptors (Lipinski definition) is 3. The molecule has 0 radical (unpaired) electrons. The highest BCUT2D eigenvalue weighted by Gasteiger charge is 2.13. The van der Waals surface area contributed by atoms with Gasteiger partial charge in [-0.2, -0.15) is 5.26 Å². The third-order valence-corrected chi connectivity index (χ3v) is 4.35. The van der Waals surface area contributed by atoms with Gasteiger partial charge in [0, 0.05) is 17.3 Å². The Hall–Kier alpha value is -3.58. The third kappa shape index (κ3) is 2.62. The van der Waals surface area contributed by atoms with E-state index in [0.29, 0.717) is 5.56 Å². The number of pyridine rings is 1. The van der Waals surface area contributed by atoms with E-state index in [4.69, 9.17) is 16.1 Å². The first-order valence-corrected chi connectivity index (χ1v) is 8.00. The normalized spacial score (nSPS) is 10.7. The Balaban J connectivity index is 1.98. The van der Waals surface area contributed by atoms with Gasteiger partial charge in [-0.1, -0.05) is 42.0 Å². The summed E-state index contributed by atoms with van der Waals surface area (Å²) in [4.78, 5) is 4.85. The molecule has 0 saturated heterocycles. The minimum Gasteiger partial charge on any atom is -0.339 e. The van der Waals surface area contributed by atoms with Crippen molar-refractivity contribution >= 4 is 11.0 Å². The summed E-state index contributed by atoms with van der Waals surface area (Å²) in [6.45, 7) is 2.07. The number of hydrogen-bond donors (Lipinski definition) is 1. The molecule has 0 bridgehead atoms. The molecule has 0 aliphatic rings. The van der Waals surface area contributed by atoms with Crippen LogP contribution in [0.5, 0.6) is 0 Å². The maximum Gasteiger partial charge on any atom is 0.0991 e. The largest absolute Gasteiger partial charge is 0.339 e. The minimum atomic E-state index is 0.636. The molecule has 2 N–H and O–H groups in total. The molecular weight excluding hydrogens is 308 g/mol. The second-order valence-corrected chi connectivity index (χ2v) is 6.07. The smallest absolute Gasteiger partial charge is 0.0991 e. The number of nitriles is 1. The highest BCUT2D eigenvalue weighted by Crippen LogP contribution is 2.33. The van der Waals surface area contributed by atoms with E-state index in [1.807, 2.05) is 30.3 Å². The second kappa shape index (κ2) is 5.81. The molecule has 4 aromatic rings. The Kier molecular flexibility index (Phi) is 3.48. The van der Waals surface area contributed by atoms with E-state index in [2.05, 4.69) is 43.3 Å². The summed E-state index contributed by atoms with van der Waals surface area (Å²) in [5.41, 5.74) is 7.52. The van der Waals surface area contributed by atoms with E-state index in [1.165, 1.54) is 5.56 Å². The van der Waals surface area contributed by atoms with Crippen molar-refractivity contribution in [3.63, 3.8) is 0 Å². The molecule has 2 heterocycles. The number of benzene rings is 2. The van der Waals surface area contributed by atoms with Gasteiger partial charge < -0.3 is 5.84 Å². The van der Waals surface area contributed by atoms with Crippen LogP contribution < -0.4 is 5.84 Å². The average Bonchev–Trinajstić information content (AvgIpc) is 3.02. The van der Waals surface area contributed by atoms with Crippen LogP contribution in [0.25, 0.3) is 33.4 Å². The first-order valence-electron chi connectivity index (χ1n) is 8.00. The highest BCUT2D eigenvalue weighted by molar-refractivity contribution is 5.90. The Labute approximate surface area is 145 Å². The lowest BCUT2D eigenvalue weighted by molar-refractivity contribution is 1.07. The molecule has 0 aliphatic carbocycles. The predicted molar refractivity (Wildman–Crippen MR) is 100 cm³/mol. The van der Waals surface area contributed by atoms with E-state index in [-0.39, 0.29) is 0 Å². The van der Waals surface area contributed by atoms with E-state index in [9.17, 15) is 0 Å². The van der Waals surface area contributed by atoms with Crippen LogP contribution in [0, 0.1) is 18.3 Å². The summed E-state index contributed by atoms with van der Waals surface area (Å²) in [5, 5.41) is 9.03. The van der Waals surface area contributed by atoms with Gasteiger partial charge in [0.25, 0.3) is 0 Å². The Bertz CT molecular complexity index is 1100. The van der Waals surface area contributed by atoms with Gasteiger partial charge in [0.15, 0.2) is 0 Å². The first kappa shape index (κ1) is 15.0. The van der Waals surface area contributed by atoms with Crippen LogP contribution in [-0.2, 0) is 0 Å². The monoisotopic (exact) mass is 324 g/mol. The van der Waals surface area contributed by atoms with Gasteiger partial charge >= 0.3 is 0 Å². The molecule has 120 valence electrons. The maximum atomic E-state index is 9.03. The Morgan fingerprint density at radius 3 is 2.32 bits per heavy atom. The van der Waals surface area contributed by atoms with E-state index in [0.717, 1.165) is 33.4 Å². The van der Waals surface area contributed by atoms with Crippen LogP contribution in [-0.4, -0.2) is 9.66 Å². The number of nitrogen functional groups attached to an aromatic ring is 1. The Morgan fingerprint density at radius 2 is 1.64 bits per heavy atom. The minimum absolute atomic E-state index is 0.636. The molecule has 0 spiro atoms. The molecule has 4 heteroatoms. The number of rotatable bonds is 2. The predicted octanol–water partition coefficient (Wildman–Crippen LogP) is 4.26. The van der Waals surface area contributed by atoms with Gasteiger partial charge in [0.05, 0.1) is 28.4 Å². The molecule has 0 saturated carbocycles. The number of aryl methyl sites for hydroxylation is 1. The summed E-state index contributed by atoms with van der Waals surface area (Å²) in [7, 11) is 0. The van der Waals surface area contributed by atoms with Gasteiger partial charge in [-0.3, -0.25) is 4.68 Å². The molecule has 2 aromatic carbocycles. The summed E-state index contributed by atoms with van der Waals surface area (Å²) in [5.74, 6) is 6.01. The average molecular weight is 324 g/mol. The SMILES string of the molecule is Cc1ccc(-c2nc3ccn(N)c3cc2-c2ccc(C#N)cc2)cc1. The zero-order valence-corrected chi connectivity index (χ0v) is 13.8. The lowest BCUT2D eigenvalue weighted by Gasteiger charge is -2.11. The van der Waals surface area contributed by atoms with Gasteiger partial charge in [-0.15, -0.1) is 0 Å². The van der Waals surface area contributed by atoms with Crippen molar-refractivity contribution in [2.75, 3.05) is 5.84 Å². The fraction of sp³-hybridized carbons (Fsp3) is 0.0476. The molecule has 25 heavy (non-hydrogen) atoms. The molecule has 2 aromatic heterocycles. The number of fused-ring (bicyclic) bond motifs is 1. The van der Waals surface area contributed by atoms with Crippen molar-refractivity contribution in [3.05, 3.63) is 78.0 Å². The molecule has 4 nitrogen and oxygen atoms in total. The Morgan fingerprint density at radius 1 is 0.960 bits per heavy atom. The highest BCUT2D eigenvalue weighted by atomic mass is 15.3. The van der Waals surface area contributed by atoms with Gasteiger partial charge in [0.1, 0.15) is 0 Å². The van der Waals surface area contributed by atoms with Crippen LogP contribution in [0.4, 0.5) is 0 Å². The molecule has 0 aliphatic heterocycles. The summed E-state index contributed by atoms with van der Waals surface area (Å²) in [6.07, 6.45) is 1.80. The van der Waals surface area contributed by atoms with Gasteiger partial charge in [-0.05, 0) is 36.8 Å². The van der Waals surface area contributed by atoms with E-state index >= 15 is 0 Å². The fourth-order valence-corrected chi connectivity index (χ4v) is 2.95. The third-order valence-electron chi connectivity index (χ3n) is 4.35. The lowest BCUT2D eigenvalue weighted by atomic mass is 9.97. The topological polar surface area (TPSA) is 67.6 Å². The molecule has 0 amide bonds. The summed E-state index contributed by atoms with van der Waals surface area (Å²) >= 11 is 0. The van der Waals surface area contributed by atoms with Crippen LogP contribution >= 0.6 is 0 Å². The van der Waals surface area contributed by atoms with Gasteiger partial charge in [0.2, 0.25) is 0 Å². The van der Waals surface area contributed by atoms with Crippen molar-refractivity contribution in [1.29, 1.82) is 5.26 Å². The molecule has 0 unspecified atom stereocenters. The molecule has 0 atom stereocenters. The van der Waals surface area contributed by atoms with Crippen molar-refractivity contribution in [3.8, 4) is 28.5 Å². The van der Waals surface area contributed by atoms with E-state index in [1.54, 1.807) is 10.9 Å². The zero-order chi connectivity index (χ0) is 17.4. The second-order valence-electron chi connectivity index (χ2n) is 6.07. The standard InChI is InChI=1S/C21H16N4/c1-14-2-6-17(7-3-14)21-18(16-8-4-15(13-22)5-9-16)12-20-19(24-21)10-11-25(20)23/h2-12H,23H2,1H3. The molecule has 4 rings (SSSR count). The van der Waals surface area contributed by atoms with Crippen molar-refractivity contribution in [1.82, 2.24) is 9.66 Å². The van der Waals surface area contributed by atoms with Gasteiger partial charge in [-0.25, -0.2) is 4.98 Å². The van der Waals surface area contributed by atoms with Crippen LogP contribution in [0.1, 0.15) is 11.1 Å². The van der Waals surface area contributed by atoms with Crippen LogP contribution in [0.3, 0.4) is 0 Å². The number of nitrogens with two attached hydrogens (primary N) is 1. The maximum absolute atomic E-state index is 9.03. The molecule has 0 fully saturated rings. The number of aromatic nitrogens is 2. The lowest BCUT2D eigenvalue weighted by Crippen LogP contribution is -2.05. The van der Waals surface area contributed by atoms with Crippen LogP contribution in [0.15, 0.2) is 66.9 Å². The zero-order valence-electron chi connectivity index (χ0n) is 13.8. The summed E-state index contributed by atoms with van der Waals surface area (Å²) < 4.78 is 1.58. The van der Waals surface area contributed by atoms with Crippen molar-refractivity contribution < 1.29 is 0 Å². The first-order chi connectivity index (χ1) is 12.2. The van der Waals surface area contributed by atoms with Crippen LogP contribution in [0.2, 0.25) is 0 Å². The van der Waals surface area contributed by atoms with E-state index < -0.39 is 0 Å². The molecular formula is C21H16N4. The quantitative estimate of drug-likeness (QED) is 0.560.